The summed E-state index contributed by atoms with van der Waals surface area (Å²) >= 11 is 0. The average Bonchev–Trinajstić information content (AvgIpc) is 3.32. The largest absolute Gasteiger partial charge is 0.311 e. The van der Waals surface area contributed by atoms with Gasteiger partial charge < -0.3 is 21.3 Å². The van der Waals surface area contributed by atoms with Crippen molar-refractivity contribution in [2.24, 2.45) is 0 Å². The fraction of sp³-hybridized carbons (Fsp3) is 1.00. The molecule has 5 saturated heterocycles. The molecule has 0 aromatic heterocycles. The summed E-state index contributed by atoms with van der Waals surface area (Å²) in [6, 6.07) is 6.15. The van der Waals surface area contributed by atoms with Crippen LogP contribution in [0.25, 0.3) is 0 Å². The van der Waals surface area contributed by atoms with E-state index in [1.165, 1.54) is 77.0 Å². The maximum absolute atomic E-state index is 3.98. The van der Waals surface area contributed by atoms with Gasteiger partial charge in [0.15, 0.2) is 0 Å². The molecule has 5 aliphatic heterocycles. The Hall–Kier alpha value is -0.160. The summed E-state index contributed by atoms with van der Waals surface area (Å²) in [5.74, 6) is 0. The van der Waals surface area contributed by atoms with Crippen molar-refractivity contribution in [3.05, 3.63) is 0 Å². The van der Waals surface area contributed by atoms with Crippen LogP contribution in [-0.4, -0.2) is 48.3 Å². The first kappa shape index (κ1) is 16.0. The molecule has 8 atom stereocenters. The van der Waals surface area contributed by atoms with E-state index in [1.54, 1.807) is 0 Å². The van der Waals surface area contributed by atoms with Crippen molar-refractivity contribution >= 4 is 0 Å². The van der Waals surface area contributed by atoms with Gasteiger partial charge in [0.2, 0.25) is 0 Å². The normalized spacial score (nSPS) is 52.0. The van der Waals surface area contributed by atoms with Gasteiger partial charge in [-0.3, -0.25) is 0 Å². The predicted octanol–water partition coefficient (Wildman–Crippen LogP) is 2.04. The summed E-state index contributed by atoms with van der Waals surface area (Å²) in [6.07, 6.45) is 16.6. The lowest BCUT2D eigenvalue weighted by Crippen LogP contribution is -2.43. The van der Waals surface area contributed by atoms with Crippen LogP contribution < -0.4 is 21.3 Å². The monoisotopic (exact) mass is 332 g/mol. The third kappa shape index (κ3) is 3.53. The molecule has 5 fully saturated rings. The maximum atomic E-state index is 3.98. The Morgan fingerprint density at radius 2 is 0.458 bits per heavy atom. The molecule has 0 aliphatic carbocycles. The Morgan fingerprint density at radius 1 is 0.292 bits per heavy atom. The molecule has 0 amide bonds. The van der Waals surface area contributed by atoms with Gasteiger partial charge in [-0.05, 0) is 77.0 Å². The number of hydrogen-bond donors (Lipinski definition) is 4. The van der Waals surface area contributed by atoms with Gasteiger partial charge in [-0.1, -0.05) is 0 Å². The minimum absolute atomic E-state index is 0.769. The Bertz CT molecular complexity index is 329. The first-order valence-electron chi connectivity index (χ1n) is 10.8. The number of fused-ring (bicyclic) bond motifs is 8. The Morgan fingerprint density at radius 3 is 0.625 bits per heavy atom. The van der Waals surface area contributed by atoms with Crippen molar-refractivity contribution in [2.75, 3.05) is 0 Å². The molecule has 136 valence electrons. The van der Waals surface area contributed by atoms with Crippen LogP contribution in [0.1, 0.15) is 77.0 Å². The molecule has 5 rings (SSSR count). The predicted molar refractivity (Wildman–Crippen MR) is 98.3 cm³/mol. The zero-order valence-corrected chi connectivity index (χ0v) is 15.1. The van der Waals surface area contributed by atoms with E-state index >= 15 is 0 Å². The van der Waals surface area contributed by atoms with E-state index in [4.69, 9.17) is 0 Å². The van der Waals surface area contributed by atoms with E-state index in [-0.39, 0.29) is 0 Å². The van der Waals surface area contributed by atoms with Gasteiger partial charge in [0.05, 0.1) is 0 Å². The highest BCUT2D eigenvalue weighted by Crippen LogP contribution is 2.30. The molecule has 8 bridgehead atoms. The van der Waals surface area contributed by atoms with Gasteiger partial charge in [0.1, 0.15) is 0 Å². The van der Waals surface area contributed by atoms with Crippen LogP contribution in [0.3, 0.4) is 0 Å². The lowest BCUT2D eigenvalue weighted by atomic mass is 10.0. The Kier molecular flexibility index (Phi) is 4.59. The fourth-order valence-electron chi connectivity index (χ4n) is 6.47. The molecule has 4 heteroatoms. The molecular formula is C20H36N4. The minimum Gasteiger partial charge on any atom is -0.311 e. The summed E-state index contributed by atoms with van der Waals surface area (Å²) in [4.78, 5) is 0. The van der Waals surface area contributed by atoms with Gasteiger partial charge >= 0.3 is 0 Å². The summed E-state index contributed by atoms with van der Waals surface area (Å²) in [5, 5.41) is 15.9. The van der Waals surface area contributed by atoms with Crippen LogP contribution in [0.4, 0.5) is 0 Å². The summed E-state index contributed by atoms with van der Waals surface area (Å²) < 4.78 is 0. The van der Waals surface area contributed by atoms with Crippen molar-refractivity contribution in [3.63, 3.8) is 0 Å². The first-order valence-corrected chi connectivity index (χ1v) is 10.8. The number of nitrogens with one attached hydrogen (secondary N) is 4. The SMILES string of the molecule is C1CC2CC3CCC(CC4CCC(CC5CCC(CC1N2)N5)N4)N3. The standard InChI is InChI=1S/C20H36N4/c1-2-14-10-16-5-6-18(23-16)12-20-8-7-19(24-20)11-17-4-3-15(22-17)9-13(1)21-14/h13-24H,1-12H2. The second kappa shape index (κ2) is 6.86. The van der Waals surface area contributed by atoms with Gasteiger partial charge in [0, 0.05) is 48.3 Å². The van der Waals surface area contributed by atoms with Crippen molar-refractivity contribution in [2.45, 2.75) is 125 Å². The van der Waals surface area contributed by atoms with Gasteiger partial charge in [0.25, 0.3) is 0 Å². The topological polar surface area (TPSA) is 48.1 Å². The van der Waals surface area contributed by atoms with Crippen molar-refractivity contribution in [1.29, 1.82) is 0 Å². The molecule has 0 spiro atoms. The van der Waals surface area contributed by atoms with E-state index in [0.717, 1.165) is 48.3 Å². The average molecular weight is 333 g/mol. The molecule has 0 aromatic carbocycles. The quantitative estimate of drug-likeness (QED) is 0.548. The molecule has 0 radical (unpaired) electrons. The molecule has 5 aliphatic rings. The van der Waals surface area contributed by atoms with Crippen LogP contribution >= 0.6 is 0 Å². The molecule has 24 heavy (non-hydrogen) atoms. The number of hydrogen-bond acceptors (Lipinski definition) is 4. The second-order valence-electron chi connectivity index (χ2n) is 9.49. The highest BCUT2D eigenvalue weighted by atomic mass is 15.1. The highest BCUT2D eigenvalue weighted by Gasteiger charge is 2.36. The van der Waals surface area contributed by atoms with Crippen molar-refractivity contribution in [1.82, 2.24) is 21.3 Å². The highest BCUT2D eigenvalue weighted by molar-refractivity contribution is 4.97. The summed E-state index contributed by atoms with van der Waals surface area (Å²) in [5.41, 5.74) is 0. The molecular weight excluding hydrogens is 296 g/mol. The van der Waals surface area contributed by atoms with Crippen molar-refractivity contribution < 1.29 is 0 Å². The smallest absolute Gasteiger partial charge is 0.00850 e. The van der Waals surface area contributed by atoms with E-state index < -0.39 is 0 Å². The van der Waals surface area contributed by atoms with Crippen LogP contribution in [0.15, 0.2) is 0 Å². The molecule has 8 unspecified atom stereocenters. The molecule has 0 aromatic rings. The van der Waals surface area contributed by atoms with Crippen LogP contribution in [-0.2, 0) is 0 Å². The summed E-state index contributed by atoms with van der Waals surface area (Å²) in [7, 11) is 0. The van der Waals surface area contributed by atoms with Crippen LogP contribution in [0, 0.1) is 0 Å². The van der Waals surface area contributed by atoms with Gasteiger partial charge in [-0.15, -0.1) is 0 Å². The van der Waals surface area contributed by atoms with Crippen molar-refractivity contribution in [3.8, 4) is 0 Å². The lowest BCUT2D eigenvalue weighted by molar-refractivity contribution is 0.369. The molecule has 4 nitrogen and oxygen atoms in total. The zero-order valence-electron chi connectivity index (χ0n) is 15.1. The number of rotatable bonds is 0. The van der Waals surface area contributed by atoms with Crippen LogP contribution in [0.2, 0.25) is 0 Å². The van der Waals surface area contributed by atoms with E-state index in [0.29, 0.717) is 0 Å². The molecule has 0 saturated carbocycles. The van der Waals surface area contributed by atoms with Crippen LogP contribution in [0.5, 0.6) is 0 Å². The first-order chi connectivity index (χ1) is 11.8. The molecule has 5 heterocycles. The third-order valence-corrected chi connectivity index (χ3v) is 7.62. The Balaban J connectivity index is 1.27. The molecule has 4 N–H and O–H groups in total. The summed E-state index contributed by atoms with van der Waals surface area (Å²) in [6.45, 7) is 0. The fourth-order valence-corrected chi connectivity index (χ4v) is 6.47. The minimum atomic E-state index is 0.769. The van der Waals surface area contributed by atoms with Gasteiger partial charge in [-0.2, -0.15) is 0 Å². The van der Waals surface area contributed by atoms with E-state index in [2.05, 4.69) is 21.3 Å². The zero-order chi connectivity index (χ0) is 15.9. The van der Waals surface area contributed by atoms with E-state index in [1.807, 2.05) is 0 Å². The third-order valence-electron chi connectivity index (χ3n) is 7.62. The maximum Gasteiger partial charge on any atom is 0.00850 e. The van der Waals surface area contributed by atoms with E-state index in [9.17, 15) is 0 Å². The lowest BCUT2D eigenvalue weighted by Gasteiger charge is -2.24. The second-order valence-corrected chi connectivity index (χ2v) is 9.49. The Labute approximate surface area is 147 Å². The van der Waals surface area contributed by atoms with Gasteiger partial charge in [-0.25, -0.2) is 0 Å².